The number of fused-ring (bicyclic) bond motifs is 3. The van der Waals surface area contributed by atoms with Gasteiger partial charge in [0.15, 0.2) is 0 Å². The molecule has 3 atom stereocenters. The minimum Gasteiger partial charge on any atom is -0.457 e. The molecular formula is C29H30N6O2. The van der Waals surface area contributed by atoms with Crippen LogP contribution in [0.1, 0.15) is 32.1 Å². The summed E-state index contributed by atoms with van der Waals surface area (Å²) in [5.74, 6) is 2.62. The van der Waals surface area contributed by atoms with E-state index < -0.39 is 0 Å². The summed E-state index contributed by atoms with van der Waals surface area (Å²) in [5, 5.41) is 0. The fourth-order valence-corrected chi connectivity index (χ4v) is 5.91. The highest BCUT2D eigenvalue weighted by molar-refractivity contribution is 5.89. The molecule has 0 aliphatic carbocycles. The lowest BCUT2D eigenvalue weighted by molar-refractivity contribution is -0.132. The van der Waals surface area contributed by atoms with E-state index in [-0.39, 0.29) is 24.0 Å². The molecular weight excluding hydrogens is 464 g/mol. The standard InChI is InChI=1S/C29H30N6O2/c1-4-24(36)35-20-16-23(34(17-20)18(2)3)26(35)29-32-25(27-28(30)31-14-15-33(27)29)19-10-12-22(13-11-19)37-21-8-6-5-7-9-21/h4-15,18,20,23,26H,1,16-17H2,2-3H3,(H2,30,31)/t20-,23-,26?/m0/s1. The third-order valence-corrected chi connectivity index (χ3v) is 7.49. The number of carbonyl (C=O) groups excluding carboxylic acids is 1. The van der Waals surface area contributed by atoms with Crippen LogP contribution in [0.5, 0.6) is 11.5 Å². The van der Waals surface area contributed by atoms with E-state index in [1.165, 1.54) is 6.08 Å². The van der Waals surface area contributed by atoms with Gasteiger partial charge in [0.2, 0.25) is 5.91 Å². The quantitative estimate of drug-likeness (QED) is 0.391. The number of amides is 1. The molecule has 2 saturated heterocycles. The first-order valence-electron chi connectivity index (χ1n) is 12.6. The average molecular weight is 495 g/mol. The first-order chi connectivity index (χ1) is 18.0. The molecule has 2 fully saturated rings. The normalized spacial score (nSPS) is 21.2. The van der Waals surface area contributed by atoms with Crippen LogP contribution in [0.3, 0.4) is 0 Å². The van der Waals surface area contributed by atoms with Gasteiger partial charge in [0.25, 0.3) is 0 Å². The van der Waals surface area contributed by atoms with Crippen LogP contribution in [0, 0.1) is 0 Å². The molecule has 2 bridgehead atoms. The van der Waals surface area contributed by atoms with Gasteiger partial charge in [-0.15, -0.1) is 0 Å². The molecule has 4 aromatic rings. The molecule has 1 amide bonds. The predicted molar refractivity (Wildman–Crippen MR) is 143 cm³/mol. The first-order valence-corrected chi connectivity index (χ1v) is 12.6. The van der Waals surface area contributed by atoms with Gasteiger partial charge in [0.05, 0.1) is 0 Å². The van der Waals surface area contributed by atoms with E-state index in [4.69, 9.17) is 15.5 Å². The van der Waals surface area contributed by atoms with Crippen molar-refractivity contribution in [3.8, 4) is 22.8 Å². The lowest BCUT2D eigenvalue weighted by atomic mass is 10.1. The van der Waals surface area contributed by atoms with Gasteiger partial charge >= 0.3 is 0 Å². The van der Waals surface area contributed by atoms with E-state index in [9.17, 15) is 4.79 Å². The third kappa shape index (κ3) is 3.84. The highest BCUT2D eigenvalue weighted by Gasteiger charge is 2.54. The Morgan fingerprint density at radius 1 is 1.14 bits per heavy atom. The van der Waals surface area contributed by atoms with Crippen LogP contribution in [-0.4, -0.2) is 54.7 Å². The number of likely N-dealkylation sites (tertiary alicyclic amines) is 2. The van der Waals surface area contributed by atoms with Crippen LogP contribution in [-0.2, 0) is 4.79 Å². The zero-order valence-electron chi connectivity index (χ0n) is 21.0. The Morgan fingerprint density at radius 2 is 1.86 bits per heavy atom. The number of nitrogens with two attached hydrogens (primary N) is 1. The maximum atomic E-state index is 13.0. The minimum atomic E-state index is -0.213. The van der Waals surface area contributed by atoms with Gasteiger partial charge in [-0.3, -0.25) is 14.1 Å². The molecule has 188 valence electrons. The van der Waals surface area contributed by atoms with Crippen molar-refractivity contribution in [3.05, 3.63) is 85.5 Å². The number of ether oxygens (including phenoxy) is 1. The van der Waals surface area contributed by atoms with Crippen molar-refractivity contribution in [3.63, 3.8) is 0 Å². The highest BCUT2D eigenvalue weighted by Crippen LogP contribution is 2.46. The number of para-hydroxylation sites is 1. The highest BCUT2D eigenvalue weighted by atomic mass is 16.5. The van der Waals surface area contributed by atoms with E-state index >= 15 is 0 Å². The zero-order chi connectivity index (χ0) is 25.7. The summed E-state index contributed by atoms with van der Waals surface area (Å²) in [4.78, 5) is 27.0. The van der Waals surface area contributed by atoms with E-state index in [1.54, 1.807) is 6.20 Å². The molecule has 2 aliphatic heterocycles. The second-order valence-electron chi connectivity index (χ2n) is 9.93. The van der Waals surface area contributed by atoms with Gasteiger partial charge in [-0.2, -0.15) is 0 Å². The summed E-state index contributed by atoms with van der Waals surface area (Å²) in [7, 11) is 0. The van der Waals surface area contributed by atoms with E-state index in [1.807, 2.05) is 70.1 Å². The largest absolute Gasteiger partial charge is 0.457 e. The molecule has 8 heteroatoms. The van der Waals surface area contributed by atoms with Gasteiger partial charge in [-0.05, 0) is 62.7 Å². The van der Waals surface area contributed by atoms with Crippen LogP contribution in [0.4, 0.5) is 5.82 Å². The van der Waals surface area contributed by atoms with Gasteiger partial charge < -0.3 is 15.4 Å². The molecule has 0 radical (unpaired) electrons. The Balaban J connectivity index is 1.44. The second-order valence-corrected chi connectivity index (χ2v) is 9.93. The fourth-order valence-electron chi connectivity index (χ4n) is 5.91. The number of piperazine rings is 1. The smallest absolute Gasteiger partial charge is 0.246 e. The van der Waals surface area contributed by atoms with Gasteiger partial charge in [0, 0.05) is 42.6 Å². The summed E-state index contributed by atoms with van der Waals surface area (Å²) < 4.78 is 7.96. The molecule has 4 heterocycles. The number of benzene rings is 2. The number of rotatable bonds is 6. The number of nitrogen functional groups attached to an aromatic ring is 1. The van der Waals surface area contributed by atoms with Crippen molar-refractivity contribution in [2.24, 2.45) is 0 Å². The molecule has 8 nitrogen and oxygen atoms in total. The van der Waals surface area contributed by atoms with Crippen molar-refractivity contribution in [1.82, 2.24) is 24.2 Å². The number of hydrogen-bond donors (Lipinski definition) is 1. The molecule has 2 aromatic carbocycles. The third-order valence-electron chi connectivity index (χ3n) is 7.49. The summed E-state index contributed by atoms with van der Waals surface area (Å²) >= 11 is 0. The van der Waals surface area contributed by atoms with Crippen LogP contribution in [0.2, 0.25) is 0 Å². The van der Waals surface area contributed by atoms with Gasteiger partial charge in [0.1, 0.15) is 40.4 Å². The molecule has 2 aromatic heterocycles. The fraction of sp³-hybridized carbons (Fsp3) is 0.276. The SMILES string of the molecule is C=CC(=O)N1C(c2nc(-c3ccc(Oc4ccccc4)cc3)c3c(N)nccn23)[C@@H]2C[C@H]1CN2C(C)C. The number of imidazole rings is 1. The van der Waals surface area contributed by atoms with Crippen molar-refractivity contribution in [2.45, 2.75) is 44.4 Å². The van der Waals surface area contributed by atoms with Crippen LogP contribution >= 0.6 is 0 Å². The number of hydrogen-bond acceptors (Lipinski definition) is 6. The van der Waals surface area contributed by atoms with Crippen LogP contribution in [0.15, 0.2) is 79.6 Å². The van der Waals surface area contributed by atoms with Crippen LogP contribution in [0.25, 0.3) is 16.8 Å². The van der Waals surface area contributed by atoms with E-state index in [0.29, 0.717) is 11.9 Å². The molecule has 0 spiro atoms. The Bertz CT molecular complexity index is 1460. The van der Waals surface area contributed by atoms with Gasteiger partial charge in [-0.25, -0.2) is 9.97 Å². The average Bonchev–Trinajstić information content (AvgIpc) is 3.61. The predicted octanol–water partition coefficient (Wildman–Crippen LogP) is 4.69. The van der Waals surface area contributed by atoms with E-state index in [2.05, 4.69) is 30.3 Å². The number of carbonyl (C=O) groups is 1. The Labute approximate surface area is 216 Å². The minimum absolute atomic E-state index is 0.0661. The Kier molecular flexibility index (Phi) is 5.68. The second kappa shape index (κ2) is 9.05. The van der Waals surface area contributed by atoms with Crippen LogP contribution < -0.4 is 10.5 Å². The lowest BCUT2D eigenvalue weighted by Crippen LogP contribution is -2.52. The first kappa shape index (κ1) is 23.2. The maximum Gasteiger partial charge on any atom is 0.246 e. The summed E-state index contributed by atoms with van der Waals surface area (Å²) in [6.07, 6.45) is 5.89. The number of aromatic nitrogens is 3. The zero-order valence-corrected chi connectivity index (χ0v) is 21.0. The van der Waals surface area contributed by atoms with Crippen molar-refractivity contribution in [1.29, 1.82) is 0 Å². The van der Waals surface area contributed by atoms with Crippen molar-refractivity contribution < 1.29 is 9.53 Å². The Morgan fingerprint density at radius 3 is 2.57 bits per heavy atom. The molecule has 1 unspecified atom stereocenters. The van der Waals surface area contributed by atoms with Crippen molar-refractivity contribution in [2.75, 3.05) is 12.3 Å². The van der Waals surface area contributed by atoms with Gasteiger partial charge in [-0.1, -0.05) is 24.8 Å². The lowest BCUT2D eigenvalue weighted by Gasteiger charge is -2.41. The summed E-state index contributed by atoms with van der Waals surface area (Å²) in [6, 6.07) is 17.9. The Hall–Kier alpha value is -4.17. The monoisotopic (exact) mass is 494 g/mol. The van der Waals surface area contributed by atoms with E-state index in [0.717, 1.165) is 47.1 Å². The number of anilines is 1. The molecule has 2 N–H and O–H groups in total. The number of nitrogens with zero attached hydrogens (tertiary/aromatic N) is 5. The topological polar surface area (TPSA) is 89.0 Å². The summed E-state index contributed by atoms with van der Waals surface area (Å²) in [5.41, 5.74) is 8.77. The summed E-state index contributed by atoms with van der Waals surface area (Å²) in [6.45, 7) is 9.03. The molecule has 2 aliphatic rings. The molecule has 6 rings (SSSR count). The van der Waals surface area contributed by atoms with Crippen molar-refractivity contribution >= 4 is 17.2 Å². The molecule has 0 saturated carbocycles. The molecule has 37 heavy (non-hydrogen) atoms. The maximum absolute atomic E-state index is 13.0.